The monoisotopic (exact) mass is 325 g/mol. The smallest absolute Gasteiger partial charge is 0.321 e. The van der Waals surface area contributed by atoms with Gasteiger partial charge in [-0.15, -0.1) is 0 Å². The van der Waals surface area contributed by atoms with Gasteiger partial charge < -0.3 is 15.0 Å². The van der Waals surface area contributed by atoms with Crippen LogP contribution in [0.4, 0.5) is 4.79 Å². The van der Waals surface area contributed by atoms with Crippen molar-refractivity contribution in [3.8, 4) is 0 Å². The molecule has 0 aromatic carbocycles. The molecule has 0 radical (unpaired) electrons. The van der Waals surface area contributed by atoms with Crippen LogP contribution in [-0.2, 0) is 19.1 Å². The topological polar surface area (TPSA) is 105 Å². The van der Waals surface area contributed by atoms with Gasteiger partial charge in [0.15, 0.2) is 6.10 Å². The van der Waals surface area contributed by atoms with Gasteiger partial charge in [0, 0.05) is 26.1 Å². The summed E-state index contributed by atoms with van der Waals surface area (Å²) in [5.41, 5.74) is 0. The van der Waals surface area contributed by atoms with Crippen molar-refractivity contribution in [2.75, 3.05) is 13.6 Å². The van der Waals surface area contributed by atoms with E-state index < -0.39 is 29.9 Å². The standard InChI is InChI=1S/C15H23N3O5/c1-9(13(20)17-15(22)16-2)23-14(21)10-7-12(19)18(8-10)11-5-3-4-6-11/h9-11H,3-8H2,1-2H3,(H2,16,17,20,22)/t9-,10-/m0/s1. The lowest BCUT2D eigenvalue weighted by Crippen LogP contribution is -2.44. The summed E-state index contributed by atoms with van der Waals surface area (Å²) in [5, 5.41) is 4.28. The van der Waals surface area contributed by atoms with Gasteiger partial charge in [0.25, 0.3) is 5.91 Å². The van der Waals surface area contributed by atoms with Gasteiger partial charge in [0.2, 0.25) is 5.91 Å². The van der Waals surface area contributed by atoms with Crippen LogP contribution in [0.5, 0.6) is 0 Å². The molecule has 1 heterocycles. The van der Waals surface area contributed by atoms with Crippen LogP contribution in [0.3, 0.4) is 0 Å². The maximum Gasteiger partial charge on any atom is 0.321 e. The average molecular weight is 325 g/mol. The van der Waals surface area contributed by atoms with Crippen LogP contribution in [0.15, 0.2) is 0 Å². The molecule has 4 amide bonds. The normalized spacial score (nSPS) is 22.8. The number of esters is 1. The molecular weight excluding hydrogens is 302 g/mol. The van der Waals surface area contributed by atoms with Gasteiger partial charge in [-0.1, -0.05) is 12.8 Å². The van der Waals surface area contributed by atoms with E-state index in [4.69, 9.17) is 4.74 Å². The van der Waals surface area contributed by atoms with Crippen molar-refractivity contribution >= 4 is 23.8 Å². The number of likely N-dealkylation sites (tertiary alicyclic amines) is 1. The molecule has 8 heteroatoms. The number of hydrogen-bond donors (Lipinski definition) is 2. The molecule has 0 unspecified atom stereocenters. The Labute approximate surface area is 134 Å². The zero-order valence-corrected chi connectivity index (χ0v) is 13.5. The Bertz CT molecular complexity index is 501. The molecule has 23 heavy (non-hydrogen) atoms. The second kappa shape index (κ2) is 7.43. The number of nitrogens with one attached hydrogen (secondary N) is 2. The van der Waals surface area contributed by atoms with Crippen molar-refractivity contribution in [1.82, 2.24) is 15.5 Å². The van der Waals surface area contributed by atoms with Crippen molar-refractivity contribution < 1.29 is 23.9 Å². The highest BCUT2D eigenvalue weighted by Gasteiger charge is 2.40. The molecule has 0 spiro atoms. The SMILES string of the molecule is CNC(=O)NC(=O)[C@H](C)OC(=O)[C@H]1CC(=O)N(C2CCCC2)C1. The summed E-state index contributed by atoms with van der Waals surface area (Å²) < 4.78 is 5.09. The molecule has 2 aliphatic rings. The predicted molar refractivity (Wildman–Crippen MR) is 80.2 cm³/mol. The molecule has 128 valence electrons. The number of imide groups is 1. The molecule has 0 aromatic heterocycles. The molecule has 2 N–H and O–H groups in total. The number of nitrogens with zero attached hydrogens (tertiary/aromatic N) is 1. The van der Waals surface area contributed by atoms with Gasteiger partial charge >= 0.3 is 12.0 Å². The van der Waals surface area contributed by atoms with Crippen molar-refractivity contribution in [1.29, 1.82) is 0 Å². The Balaban J connectivity index is 1.85. The molecule has 1 aliphatic carbocycles. The second-order valence-corrected chi connectivity index (χ2v) is 6.03. The van der Waals surface area contributed by atoms with Crippen LogP contribution < -0.4 is 10.6 Å². The number of ether oxygens (including phenoxy) is 1. The lowest BCUT2D eigenvalue weighted by atomic mass is 10.1. The minimum atomic E-state index is -1.09. The van der Waals surface area contributed by atoms with E-state index >= 15 is 0 Å². The minimum Gasteiger partial charge on any atom is -0.452 e. The van der Waals surface area contributed by atoms with Crippen LogP contribution in [0.1, 0.15) is 39.0 Å². The first kappa shape index (κ1) is 17.2. The Hall–Kier alpha value is -2.12. The van der Waals surface area contributed by atoms with Crippen LogP contribution in [0.2, 0.25) is 0 Å². The fraction of sp³-hybridized carbons (Fsp3) is 0.733. The molecule has 0 aromatic rings. The summed E-state index contributed by atoms with van der Waals surface area (Å²) >= 11 is 0. The van der Waals surface area contributed by atoms with Crippen LogP contribution in [0.25, 0.3) is 0 Å². The zero-order valence-electron chi connectivity index (χ0n) is 13.5. The first-order valence-corrected chi connectivity index (χ1v) is 7.95. The van der Waals surface area contributed by atoms with Gasteiger partial charge in [-0.2, -0.15) is 0 Å². The summed E-state index contributed by atoms with van der Waals surface area (Å²) in [6.45, 7) is 1.74. The first-order chi connectivity index (χ1) is 10.9. The van der Waals surface area contributed by atoms with Gasteiger partial charge in [-0.05, 0) is 19.8 Å². The quantitative estimate of drug-likeness (QED) is 0.717. The number of rotatable bonds is 4. The minimum absolute atomic E-state index is 0.0266. The number of urea groups is 1. The first-order valence-electron chi connectivity index (χ1n) is 7.95. The van der Waals surface area contributed by atoms with Crippen molar-refractivity contribution in [3.05, 3.63) is 0 Å². The number of carbonyl (C=O) groups is 4. The van der Waals surface area contributed by atoms with Gasteiger partial charge in [0.1, 0.15) is 0 Å². The van der Waals surface area contributed by atoms with E-state index in [1.165, 1.54) is 14.0 Å². The van der Waals surface area contributed by atoms with E-state index in [-0.39, 0.29) is 18.4 Å². The number of amides is 4. The van der Waals surface area contributed by atoms with Gasteiger partial charge in [-0.25, -0.2) is 4.79 Å². The summed E-state index contributed by atoms with van der Waals surface area (Å²) in [6.07, 6.45) is 3.23. The summed E-state index contributed by atoms with van der Waals surface area (Å²) in [5.74, 6) is -1.84. The Morgan fingerprint density at radius 2 is 1.91 bits per heavy atom. The molecule has 1 saturated heterocycles. The molecule has 1 saturated carbocycles. The average Bonchev–Trinajstić information content (AvgIpc) is 3.15. The van der Waals surface area contributed by atoms with Crippen LogP contribution in [0, 0.1) is 5.92 Å². The van der Waals surface area contributed by atoms with E-state index in [2.05, 4.69) is 5.32 Å². The third-order valence-electron chi connectivity index (χ3n) is 4.38. The summed E-state index contributed by atoms with van der Waals surface area (Å²) in [7, 11) is 1.38. The largest absolute Gasteiger partial charge is 0.452 e. The molecule has 0 bridgehead atoms. The van der Waals surface area contributed by atoms with E-state index in [0.717, 1.165) is 25.7 Å². The van der Waals surface area contributed by atoms with Crippen molar-refractivity contribution in [3.63, 3.8) is 0 Å². The summed E-state index contributed by atoms with van der Waals surface area (Å²) in [4.78, 5) is 48.7. The van der Waals surface area contributed by atoms with Crippen molar-refractivity contribution in [2.45, 2.75) is 51.2 Å². The Morgan fingerprint density at radius 1 is 1.26 bits per heavy atom. The molecule has 1 aliphatic heterocycles. The van der Waals surface area contributed by atoms with Crippen molar-refractivity contribution in [2.24, 2.45) is 5.92 Å². The summed E-state index contributed by atoms with van der Waals surface area (Å²) in [6, 6.07) is -0.435. The van der Waals surface area contributed by atoms with Gasteiger partial charge in [-0.3, -0.25) is 19.7 Å². The molecule has 8 nitrogen and oxygen atoms in total. The molecule has 2 atom stereocenters. The predicted octanol–water partition coefficient (Wildman–Crippen LogP) is 0.165. The van der Waals surface area contributed by atoms with E-state index in [0.29, 0.717) is 6.54 Å². The zero-order chi connectivity index (χ0) is 17.0. The lowest BCUT2D eigenvalue weighted by molar-refractivity contribution is -0.158. The fourth-order valence-corrected chi connectivity index (χ4v) is 3.06. The fourth-order valence-electron chi connectivity index (χ4n) is 3.06. The van der Waals surface area contributed by atoms with E-state index in [1.54, 1.807) is 4.90 Å². The van der Waals surface area contributed by atoms with Crippen LogP contribution in [-0.4, -0.2) is 54.5 Å². The maximum absolute atomic E-state index is 12.1. The highest BCUT2D eigenvalue weighted by Crippen LogP contribution is 2.30. The third-order valence-corrected chi connectivity index (χ3v) is 4.38. The second-order valence-electron chi connectivity index (χ2n) is 6.03. The van der Waals surface area contributed by atoms with E-state index in [9.17, 15) is 19.2 Å². The maximum atomic E-state index is 12.1. The lowest BCUT2D eigenvalue weighted by Gasteiger charge is -2.24. The third kappa shape index (κ3) is 4.20. The Morgan fingerprint density at radius 3 is 2.52 bits per heavy atom. The number of carbonyl (C=O) groups excluding carboxylic acids is 4. The molecular formula is C15H23N3O5. The Kier molecular flexibility index (Phi) is 5.57. The highest BCUT2D eigenvalue weighted by atomic mass is 16.5. The number of hydrogen-bond acceptors (Lipinski definition) is 5. The van der Waals surface area contributed by atoms with Crippen LogP contribution >= 0.6 is 0 Å². The van der Waals surface area contributed by atoms with E-state index in [1.807, 2.05) is 5.32 Å². The molecule has 2 fully saturated rings. The molecule has 2 rings (SSSR count). The van der Waals surface area contributed by atoms with Gasteiger partial charge in [0.05, 0.1) is 5.92 Å². The highest BCUT2D eigenvalue weighted by molar-refractivity contribution is 5.97.